The van der Waals surface area contributed by atoms with Crippen LogP contribution in [0.1, 0.15) is 11.3 Å². The van der Waals surface area contributed by atoms with Crippen LogP contribution in [0.4, 0.5) is 0 Å². The summed E-state index contributed by atoms with van der Waals surface area (Å²) in [7, 11) is -3.51. The van der Waals surface area contributed by atoms with Crippen molar-refractivity contribution in [2.24, 2.45) is 0 Å². The lowest BCUT2D eigenvalue weighted by Gasteiger charge is -2.06. The van der Waals surface area contributed by atoms with Crippen molar-refractivity contribution >= 4 is 21.2 Å². The van der Waals surface area contributed by atoms with Crippen LogP contribution in [0.3, 0.4) is 0 Å². The molecule has 0 saturated heterocycles. The van der Waals surface area contributed by atoms with Crippen molar-refractivity contribution in [3.8, 4) is 6.07 Å². The molecule has 7 heteroatoms. The highest BCUT2D eigenvalue weighted by atomic mass is 32.2. The standard InChI is InChI=1S/C13H12N2O3S2/c1-10-9-19-13(16)15(10)5-6-20(17,18)12-4-2-3-11(7-12)8-14/h2-4,7,9H,5-6H2,1H3. The van der Waals surface area contributed by atoms with Gasteiger partial charge in [0.05, 0.1) is 22.3 Å². The highest BCUT2D eigenvalue weighted by Gasteiger charge is 2.16. The highest BCUT2D eigenvalue weighted by Crippen LogP contribution is 2.13. The Morgan fingerprint density at radius 2 is 2.15 bits per heavy atom. The van der Waals surface area contributed by atoms with Crippen LogP contribution in [0.2, 0.25) is 0 Å². The van der Waals surface area contributed by atoms with E-state index in [1.807, 2.05) is 6.07 Å². The summed E-state index contributed by atoms with van der Waals surface area (Å²) in [6, 6.07) is 7.80. The van der Waals surface area contributed by atoms with Gasteiger partial charge in [0.15, 0.2) is 9.84 Å². The Labute approximate surface area is 120 Å². The van der Waals surface area contributed by atoms with Crippen molar-refractivity contribution in [1.29, 1.82) is 5.26 Å². The molecule has 0 N–H and O–H groups in total. The summed E-state index contributed by atoms with van der Waals surface area (Å²) in [5, 5.41) is 10.5. The van der Waals surface area contributed by atoms with Crippen molar-refractivity contribution in [2.75, 3.05) is 5.75 Å². The lowest BCUT2D eigenvalue weighted by Crippen LogP contribution is -2.21. The molecule has 0 atom stereocenters. The van der Waals surface area contributed by atoms with E-state index in [2.05, 4.69) is 0 Å². The molecular weight excluding hydrogens is 296 g/mol. The maximum Gasteiger partial charge on any atom is 0.307 e. The van der Waals surface area contributed by atoms with Gasteiger partial charge in [0, 0.05) is 17.6 Å². The lowest BCUT2D eigenvalue weighted by molar-refractivity contribution is 0.587. The van der Waals surface area contributed by atoms with Crippen molar-refractivity contribution in [2.45, 2.75) is 18.4 Å². The van der Waals surface area contributed by atoms with E-state index in [-0.39, 0.29) is 22.1 Å². The number of sulfone groups is 1. The topological polar surface area (TPSA) is 79.9 Å². The minimum atomic E-state index is -3.51. The number of nitriles is 1. The van der Waals surface area contributed by atoms with Gasteiger partial charge in [-0.1, -0.05) is 17.4 Å². The molecule has 0 aliphatic rings. The molecule has 0 saturated carbocycles. The Balaban J connectivity index is 2.24. The number of aryl methyl sites for hydroxylation is 1. The third-order valence-electron chi connectivity index (χ3n) is 2.88. The Hall–Kier alpha value is -1.91. The number of thiazole rings is 1. The molecule has 1 aromatic heterocycles. The van der Waals surface area contributed by atoms with E-state index >= 15 is 0 Å². The second kappa shape index (κ2) is 5.61. The molecule has 5 nitrogen and oxygen atoms in total. The van der Waals surface area contributed by atoms with E-state index in [4.69, 9.17) is 5.26 Å². The van der Waals surface area contributed by atoms with Gasteiger partial charge in [0.25, 0.3) is 0 Å². The predicted molar refractivity (Wildman–Crippen MR) is 76.5 cm³/mol. The molecule has 104 valence electrons. The van der Waals surface area contributed by atoms with Crippen LogP contribution in [-0.2, 0) is 16.4 Å². The van der Waals surface area contributed by atoms with Crippen molar-refractivity contribution in [1.82, 2.24) is 4.57 Å². The predicted octanol–water partition coefficient (Wildman–Crippen LogP) is 1.56. The Morgan fingerprint density at radius 1 is 1.40 bits per heavy atom. The average molecular weight is 308 g/mol. The molecule has 0 fully saturated rings. The number of hydrogen-bond acceptors (Lipinski definition) is 5. The molecule has 0 spiro atoms. The first-order chi connectivity index (χ1) is 9.44. The fourth-order valence-corrected chi connectivity index (χ4v) is 3.78. The summed E-state index contributed by atoms with van der Waals surface area (Å²) < 4.78 is 25.8. The van der Waals surface area contributed by atoms with Crippen LogP contribution < -0.4 is 4.87 Å². The molecule has 0 unspecified atom stereocenters. The molecule has 1 aromatic carbocycles. The third kappa shape index (κ3) is 2.98. The van der Waals surface area contributed by atoms with E-state index in [1.165, 1.54) is 22.8 Å². The summed E-state index contributed by atoms with van der Waals surface area (Å²) in [6.45, 7) is 1.88. The fraction of sp³-hybridized carbons (Fsp3) is 0.231. The second-order valence-electron chi connectivity index (χ2n) is 4.25. The Morgan fingerprint density at radius 3 is 2.75 bits per heavy atom. The first kappa shape index (κ1) is 14.5. The minimum absolute atomic E-state index is 0.109. The zero-order valence-electron chi connectivity index (χ0n) is 10.7. The molecule has 2 rings (SSSR count). The molecule has 0 aliphatic carbocycles. The smallest absolute Gasteiger partial charge is 0.302 e. The number of hydrogen-bond donors (Lipinski definition) is 0. The largest absolute Gasteiger partial charge is 0.307 e. The molecule has 20 heavy (non-hydrogen) atoms. The van der Waals surface area contributed by atoms with Gasteiger partial charge in [-0.05, 0) is 25.1 Å². The maximum atomic E-state index is 12.2. The van der Waals surface area contributed by atoms with Crippen LogP contribution in [-0.4, -0.2) is 18.7 Å². The van der Waals surface area contributed by atoms with Crippen LogP contribution in [0, 0.1) is 18.3 Å². The van der Waals surface area contributed by atoms with Crippen LogP contribution >= 0.6 is 11.3 Å². The minimum Gasteiger partial charge on any atom is -0.302 e. The van der Waals surface area contributed by atoms with Crippen LogP contribution in [0.5, 0.6) is 0 Å². The van der Waals surface area contributed by atoms with E-state index in [0.717, 1.165) is 17.0 Å². The quantitative estimate of drug-likeness (QED) is 0.858. The van der Waals surface area contributed by atoms with Crippen molar-refractivity contribution in [3.05, 3.63) is 50.6 Å². The lowest BCUT2D eigenvalue weighted by atomic mass is 10.2. The van der Waals surface area contributed by atoms with Gasteiger partial charge >= 0.3 is 4.87 Å². The van der Waals surface area contributed by atoms with E-state index in [0.29, 0.717) is 5.56 Å². The molecular formula is C13H12N2O3S2. The first-order valence-corrected chi connectivity index (χ1v) is 8.35. The third-order valence-corrected chi connectivity index (χ3v) is 5.46. The van der Waals surface area contributed by atoms with Crippen LogP contribution in [0.25, 0.3) is 0 Å². The fourth-order valence-electron chi connectivity index (χ4n) is 1.76. The normalized spacial score (nSPS) is 11.2. The van der Waals surface area contributed by atoms with Gasteiger partial charge in [-0.3, -0.25) is 4.79 Å². The number of benzene rings is 1. The second-order valence-corrected chi connectivity index (χ2v) is 7.18. The van der Waals surface area contributed by atoms with E-state index in [1.54, 1.807) is 18.4 Å². The summed E-state index contributed by atoms with van der Waals surface area (Å²) in [4.78, 5) is 11.5. The average Bonchev–Trinajstić information content (AvgIpc) is 2.76. The summed E-state index contributed by atoms with van der Waals surface area (Å²) in [5.74, 6) is -0.167. The molecule has 0 bridgehead atoms. The zero-order chi connectivity index (χ0) is 14.8. The highest BCUT2D eigenvalue weighted by molar-refractivity contribution is 7.91. The van der Waals surface area contributed by atoms with Gasteiger partial charge in [-0.25, -0.2) is 8.42 Å². The maximum absolute atomic E-state index is 12.2. The van der Waals surface area contributed by atoms with Gasteiger partial charge in [-0.2, -0.15) is 5.26 Å². The molecule has 2 aromatic rings. The Kier molecular flexibility index (Phi) is 4.06. The Bertz CT molecular complexity index is 826. The van der Waals surface area contributed by atoms with Crippen LogP contribution in [0.15, 0.2) is 39.3 Å². The first-order valence-electron chi connectivity index (χ1n) is 5.82. The molecule has 0 radical (unpaired) electrons. The van der Waals surface area contributed by atoms with Gasteiger partial charge < -0.3 is 4.57 Å². The van der Waals surface area contributed by atoms with Crippen molar-refractivity contribution < 1.29 is 8.42 Å². The molecule has 0 aliphatic heterocycles. The van der Waals surface area contributed by atoms with Crippen molar-refractivity contribution in [3.63, 3.8) is 0 Å². The summed E-state index contributed by atoms with van der Waals surface area (Å²) in [6.07, 6.45) is 0. The van der Waals surface area contributed by atoms with Gasteiger partial charge in [-0.15, -0.1) is 0 Å². The van der Waals surface area contributed by atoms with Gasteiger partial charge in [0.2, 0.25) is 0 Å². The monoisotopic (exact) mass is 308 g/mol. The zero-order valence-corrected chi connectivity index (χ0v) is 12.4. The number of nitrogens with zero attached hydrogens (tertiary/aromatic N) is 2. The molecule has 0 amide bonds. The van der Waals surface area contributed by atoms with Gasteiger partial charge in [0.1, 0.15) is 0 Å². The number of rotatable bonds is 4. The van der Waals surface area contributed by atoms with E-state index in [9.17, 15) is 13.2 Å². The summed E-state index contributed by atoms with van der Waals surface area (Å²) in [5.41, 5.74) is 1.05. The number of aromatic nitrogens is 1. The molecule has 1 heterocycles. The van der Waals surface area contributed by atoms with E-state index < -0.39 is 9.84 Å². The summed E-state index contributed by atoms with van der Waals surface area (Å²) >= 11 is 1.05. The SMILES string of the molecule is Cc1csc(=O)n1CCS(=O)(=O)c1cccc(C#N)c1.